The summed E-state index contributed by atoms with van der Waals surface area (Å²) >= 11 is 0. The smallest absolute Gasteiger partial charge is 0.346 e. The predicted molar refractivity (Wildman–Crippen MR) is 90.2 cm³/mol. The van der Waals surface area contributed by atoms with Gasteiger partial charge in [-0.3, -0.25) is 9.59 Å². The molecule has 0 unspecified atom stereocenters. The average Bonchev–Trinajstić information content (AvgIpc) is 2.61. The maximum atomic E-state index is 12.0. The van der Waals surface area contributed by atoms with Crippen LogP contribution in [0.4, 0.5) is 0 Å². The van der Waals surface area contributed by atoms with Gasteiger partial charge in [-0.15, -0.1) is 0 Å². The molecule has 1 rings (SSSR count). The Balaban J connectivity index is 2.40. The molecule has 7 nitrogen and oxygen atoms in total. The molecule has 1 aromatic rings. The first-order chi connectivity index (χ1) is 12.1. The second-order valence-electron chi connectivity index (χ2n) is 4.86. The highest BCUT2D eigenvalue weighted by molar-refractivity contribution is 6.16. The number of esters is 2. The highest BCUT2D eigenvalue weighted by Crippen LogP contribution is 2.02. The van der Waals surface area contributed by atoms with E-state index in [9.17, 15) is 14.4 Å². The lowest BCUT2D eigenvalue weighted by molar-refractivity contribution is -0.144. The van der Waals surface area contributed by atoms with E-state index in [1.807, 2.05) is 30.3 Å². The number of hydrogen-bond acceptors (Lipinski definition) is 6. The Morgan fingerprint density at radius 1 is 1.04 bits per heavy atom. The topological polar surface area (TPSA) is 90.9 Å². The van der Waals surface area contributed by atoms with Crippen LogP contribution in [0, 0.1) is 0 Å². The van der Waals surface area contributed by atoms with E-state index >= 15 is 0 Å². The zero-order chi connectivity index (χ0) is 18.5. The first kappa shape index (κ1) is 20.2. The van der Waals surface area contributed by atoms with E-state index in [1.165, 1.54) is 0 Å². The van der Waals surface area contributed by atoms with Gasteiger partial charge in [-0.2, -0.15) is 0 Å². The molecule has 0 saturated heterocycles. The van der Waals surface area contributed by atoms with Crippen LogP contribution in [-0.4, -0.2) is 37.6 Å². The molecule has 7 heteroatoms. The standard InChI is InChI=1S/C18H23NO6/c1-3-23-13-15(18(22)24-4-2)17(21)19-11-10-16(20)25-12-14-8-6-5-7-9-14/h5-9,13H,3-4,10-12H2,1-2H3,(H,19,21). The molecule has 1 aromatic carbocycles. The third-order valence-electron chi connectivity index (χ3n) is 2.97. The van der Waals surface area contributed by atoms with Crippen molar-refractivity contribution in [2.75, 3.05) is 19.8 Å². The van der Waals surface area contributed by atoms with Gasteiger partial charge in [0.1, 0.15) is 12.9 Å². The molecule has 0 bridgehead atoms. The molecule has 0 spiro atoms. The summed E-state index contributed by atoms with van der Waals surface area (Å²) in [5, 5.41) is 2.47. The molecule has 0 aliphatic heterocycles. The third-order valence-corrected chi connectivity index (χ3v) is 2.97. The Labute approximate surface area is 146 Å². The summed E-state index contributed by atoms with van der Waals surface area (Å²) in [5.74, 6) is -1.89. The van der Waals surface area contributed by atoms with E-state index in [0.717, 1.165) is 11.8 Å². The van der Waals surface area contributed by atoms with Gasteiger partial charge in [0.05, 0.1) is 19.6 Å². The monoisotopic (exact) mass is 349 g/mol. The second-order valence-corrected chi connectivity index (χ2v) is 4.86. The highest BCUT2D eigenvalue weighted by atomic mass is 16.5. The van der Waals surface area contributed by atoms with Gasteiger partial charge >= 0.3 is 11.9 Å². The van der Waals surface area contributed by atoms with Crippen molar-refractivity contribution in [1.29, 1.82) is 0 Å². The van der Waals surface area contributed by atoms with Crippen molar-refractivity contribution in [3.63, 3.8) is 0 Å². The molecule has 0 radical (unpaired) electrons. The van der Waals surface area contributed by atoms with E-state index in [4.69, 9.17) is 14.2 Å². The minimum absolute atomic E-state index is 0.0106. The molecule has 1 N–H and O–H groups in total. The summed E-state index contributed by atoms with van der Waals surface area (Å²) in [6, 6.07) is 9.27. The number of amides is 1. The van der Waals surface area contributed by atoms with Gasteiger partial charge in [0.25, 0.3) is 5.91 Å². The van der Waals surface area contributed by atoms with Gasteiger partial charge in [-0.05, 0) is 19.4 Å². The summed E-state index contributed by atoms with van der Waals surface area (Å²) in [6.45, 7) is 4.02. The Hall–Kier alpha value is -2.83. The SMILES string of the molecule is CCOC=C(C(=O)NCCC(=O)OCc1ccccc1)C(=O)OCC. The zero-order valence-electron chi connectivity index (χ0n) is 14.4. The number of ether oxygens (including phenoxy) is 3. The van der Waals surface area contributed by atoms with Crippen LogP contribution < -0.4 is 5.32 Å². The van der Waals surface area contributed by atoms with Crippen LogP contribution in [0.1, 0.15) is 25.8 Å². The fraction of sp³-hybridized carbons (Fsp3) is 0.389. The van der Waals surface area contributed by atoms with Crippen molar-refractivity contribution in [3.05, 3.63) is 47.7 Å². The first-order valence-corrected chi connectivity index (χ1v) is 8.05. The molecular weight excluding hydrogens is 326 g/mol. The van der Waals surface area contributed by atoms with E-state index in [1.54, 1.807) is 13.8 Å². The van der Waals surface area contributed by atoms with E-state index in [-0.39, 0.29) is 31.8 Å². The van der Waals surface area contributed by atoms with Crippen LogP contribution in [0.2, 0.25) is 0 Å². The Kier molecular flexibility index (Phi) is 9.43. The molecule has 136 valence electrons. The number of hydrogen-bond donors (Lipinski definition) is 1. The van der Waals surface area contributed by atoms with Crippen molar-refractivity contribution in [3.8, 4) is 0 Å². The maximum Gasteiger partial charge on any atom is 0.346 e. The van der Waals surface area contributed by atoms with Crippen LogP contribution >= 0.6 is 0 Å². The van der Waals surface area contributed by atoms with Crippen LogP contribution in [-0.2, 0) is 35.2 Å². The van der Waals surface area contributed by atoms with Gasteiger partial charge in [0.2, 0.25) is 0 Å². The minimum atomic E-state index is -0.778. The fourth-order valence-corrected chi connectivity index (χ4v) is 1.75. The first-order valence-electron chi connectivity index (χ1n) is 8.05. The van der Waals surface area contributed by atoms with Crippen LogP contribution in [0.15, 0.2) is 42.2 Å². The minimum Gasteiger partial charge on any atom is -0.500 e. The van der Waals surface area contributed by atoms with Crippen molar-refractivity contribution >= 4 is 17.8 Å². The Morgan fingerprint density at radius 3 is 2.40 bits per heavy atom. The number of rotatable bonds is 10. The summed E-state index contributed by atoms with van der Waals surface area (Å²) in [4.78, 5) is 35.4. The number of carbonyl (C=O) groups is 3. The molecule has 0 saturated carbocycles. The van der Waals surface area contributed by atoms with Crippen LogP contribution in [0.25, 0.3) is 0 Å². The van der Waals surface area contributed by atoms with Gasteiger partial charge in [0.15, 0.2) is 5.57 Å². The maximum absolute atomic E-state index is 12.0. The quantitative estimate of drug-likeness (QED) is 0.227. The lowest BCUT2D eigenvalue weighted by Crippen LogP contribution is -2.31. The van der Waals surface area contributed by atoms with Crippen LogP contribution in [0.5, 0.6) is 0 Å². The number of nitrogens with one attached hydrogen (secondary N) is 1. The number of carbonyl (C=O) groups excluding carboxylic acids is 3. The molecule has 0 aliphatic rings. The normalized spacial score (nSPS) is 10.7. The van der Waals surface area contributed by atoms with Crippen molar-refractivity contribution in [1.82, 2.24) is 5.32 Å². The highest BCUT2D eigenvalue weighted by Gasteiger charge is 2.20. The van der Waals surface area contributed by atoms with Gasteiger partial charge < -0.3 is 19.5 Å². The molecule has 0 fully saturated rings. The van der Waals surface area contributed by atoms with Gasteiger partial charge in [-0.25, -0.2) is 4.79 Å². The molecule has 0 aliphatic carbocycles. The molecular formula is C18H23NO6. The van der Waals surface area contributed by atoms with E-state index in [0.29, 0.717) is 6.61 Å². The molecule has 0 aromatic heterocycles. The zero-order valence-corrected chi connectivity index (χ0v) is 14.4. The van der Waals surface area contributed by atoms with E-state index < -0.39 is 17.8 Å². The van der Waals surface area contributed by atoms with Gasteiger partial charge in [-0.1, -0.05) is 30.3 Å². The van der Waals surface area contributed by atoms with Crippen molar-refractivity contribution < 1.29 is 28.6 Å². The van der Waals surface area contributed by atoms with Crippen molar-refractivity contribution in [2.45, 2.75) is 26.9 Å². The predicted octanol–water partition coefficient (Wildman–Crippen LogP) is 1.72. The second kappa shape index (κ2) is 11.7. The average molecular weight is 349 g/mol. The van der Waals surface area contributed by atoms with E-state index in [2.05, 4.69) is 5.32 Å². The number of benzene rings is 1. The van der Waals surface area contributed by atoms with Gasteiger partial charge in [0, 0.05) is 6.54 Å². The molecule has 25 heavy (non-hydrogen) atoms. The Bertz CT molecular complexity index is 597. The lowest BCUT2D eigenvalue weighted by Gasteiger charge is -2.09. The molecule has 0 atom stereocenters. The summed E-state index contributed by atoms with van der Waals surface area (Å²) in [7, 11) is 0. The third kappa shape index (κ3) is 8.01. The summed E-state index contributed by atoms with van der Waals surface area (Å²) in [5.41, 5.74) is 0.630. The van der Waals surface area contributed by atoms with Crippen molar-refractivity contribution in [2.24, 2.45) is 0 Å². The molecule has 1 amide bonds. The Morgan fingerprint density at radius 2 is 1.76 bits per heavy atom. The summed E-state index contributed by atoms with van der Waals surface area (Å²) in [6.07, 6.45) is 1.05. The van der Waals surface area contributed by atoms with Crippen LogP contribution in [0.3, 0.4) is 0 Å². The largest absolute Gasteiger partial charge is 0.500 e. The fourth-order valence-electron chi connectivity index (χ4n) is 1.75. The lowest BCUT2D eigenvalue weighted by atomic mass is 10.2. The molecule has 0 heterocycles. The summed E-state index contributed by atoms with van der Waals surface area (Å²) < 4.78 is 14.9.